The van der Waals surface area contributed by atoms with Crippen LogP contribution >= 0.6 is 11.8 Å². The number of aromatic nitrogens is 2. The van der Waals surface area contributed by atoms with Crippen molar-refractivity contribution in [3.8, 4) is 0 Å². The highest BCUT2D eigenvalue weighted by atomic mass is 32.2. The lowest BCUT2D eigenvalue weighted by Gasteiger charge is -2.07. The Balaban J connectivity index is 1.92. The largest absolute Gasteiger partial charge is 0.328 e. The van der Waals surface area contributed by atoms with Crippen LogP contribution in [-0.4, -0.2) is 21.3 Å². The summed E-state index contributed by atoms with van der Waals surface area (Å²) >= 11 is 1.82. The molecule has 0 amide bonds. The molecular formula is C9H13N3S. The van der Waals surface area contributed by atoms with Gasteiger partial charge in [0.2, 0.25) is 0 Å². The second kappa shape index (κ2) is 4.07. The molecular weight excluding hydrogens is 182 g/mol. The highest BCUT2D eigenvalue weighted by Crippen LogP contribution is 2.32. The van der Waals surface area contributed by atoms with Gasteiger partial charge in [0, 0.05) is 17.5 Å². The number of thioether (sulfide) groups is 1. The van der Waals surface area contributed by atoms with Crippen molar-refractivity contribution in [1.29, 1.82) is 0 Å². The third-order valence-electron chi connectivity index (χ3n) is 2.27. The maximum Gasteiger partial charge on any atom is 0.116 e. The molecule has 13 heavy (non-hydrogen) atoms. The molecule has 0 spiro atoms. The van der Waals surface area contributed by atoms with Crippen LogP contribution in [0.5, 0.6) is 0 Å². The van der Waals surface area contributed by atoms with Gasteiger partial charge in [-0.25, -0.2) is 9.97 Å². The molecule has 1 fully saturated rings. The Kier molecular flexibility index (Phi) is 2.80. The minimum atomic E-state index is 0.402. The number of hydrogen-bond acceptors (Lipinski definition) is 4. The molecule has 2 rings (SSSR count). The van der Waals surface area contributed by atoms with Gasteiger partial charge in [-0.3, -0.25) is 0 Å². The van der Waals surface area contributed by atoms with E-state index in [0.29, 0.717) is 11.3 Å². The summed E-state index contributed by atoms with van der Waals surface area (Å²) in [5, 5.41) is 1.72. The maximum absolute atomic E-state index is 5.83. The maximum atomic E-state index is 5.83. The van der Waals surface area contributed by atoms with Gasteiger partial charge in [-0.1, -0.05) is 0 Å². The van der Waals surface area contributed by atoms with E-state index in [1.807, 2.05) is 17.8 Å². The molecule has 1 heterocycles. The predicted octanol–water partition coefficient (Wildman–Crippen LogP) is 1.45. The van der Waals surface area contributed by atoms with Crippen molar-refractivity contribution in [1.82, 2.24) is 9.97 Å². The van der Waals surface area contributed by atoms with Crippen LogP contribution in [0.4, 0.5) is 0 Å². The van der Waals surface area contributed by atoms with Crippen LogP contribution in [0, 0.1) is 0 Å². The third kappa shape index (κ3) is 2.42. The van der Waals surface area contributed by atoms with Crippen LogP contribution < -0.4 is 5.73 Å². The molecule has 0 aliphatic heterocycles. The first kappa shape index (κ1) is 8.97. The molecule has 0 bridgehead atoms. The van der Waals surface area contributed by atoms with Crippen molar-refractivity contribution >= 4 is 11.8 Å². The van der Waals surface area contributed by atoms with Crippen molar-refractivity contribution in [3.63, 3.8) is 0 Å². The monoisotopic (exact) mass is 195 g/mol. The van der Waals surface area contributed by atoms with Crippen LogP contribution in [0.1, 0.15) is 19.3 Å². The Labute approximate surface area is 82.2 Å². The summed E-state index contributed by atoms with van der Waals surface area (Å²) in [4.78, 5) is 8.06. The SMILES string of the molecule is NC1CCC(Sc2ccncn2)C1. The number of rotatable bonds is 2. The molecule has 2 atom stereocenters. The Bertz CT molecular complexity index is 265. The van der Waals surface area contributed by atoms with Gasteiger partial charge in [0.05, 0.1) is 5.03 Å². The summed E-state index contributed by atoms with van der Waals surface area (Å²) in [6, 6.07) is 2.36. The molecule has 1 aliphatic rings. The Morgan fingerprint density at radius 1 is 1.46 bits per heavy atom. The molecule has 4 heteroatoms. The molecule has 1 saturated carbocycles. The minimum Gasteiger partial charge on any atom is -0.328 e. The van der Waals surface area contributed by atoms with Gasteiger partial charge in [-0.15, -0.1) is 11.8 Å². The molecule has 1 aromatic heterocycles. The first-order valence-corrected chi connectivity index (χ1v) is 5.41. The zero-order valence-corrected chi connectivity index (χ0v) is 8.20. The number of hydrogen-bond donors (Lipinski definition) is 1. The van der Waals surface area contributed by atoms with Gasteiger partial charge in [-0.05, 0) is 25.3 Å². The summed E-state index contributed by atoms with van der Waals surface area (Å²) in [5.74, 6) is 0. The number of nitrogens with two attached hydrogens (primary N) is 1. The van der Waals surface area contributed by atoms with E-state index in [9.17, 15) is 0 Å². The smallest absolute Gasteiger partial charge is 0.116 e. The summed E-state index contributed by atoms with van der Waals surface area (Å²) in [7, 11) is 0. The van der Waals surface area contributed by atoms with Crippen molar-refractivity contribution in [2.45, 2.75) is 35.6 Å². The van der Waals surface area contributed by atoms with Crippen LogP contribution in [0.15, 0.2) is 23.6 Å². The van der Waals surface area contributed by atoms with Crippen LogP contribution in [-0.2, 0) is 0 Å². The van der Waals surface area contributed by atoms with E-state index >= 15 is 0 Å². The number of nitrogens with zero attached hydrogens (tertiary/aromatic N) is 2. The zero-order chi connectivity index (χ0) is 9.10. The van der Waals surface area contributed by atoms with Gasteiger partial charge in [0.15, 0.2) is 0 Å². The molecule has 70 valence electrons. The molecule has 0 radical (unpaired) electrons. The van der Waals surface area contributed by atoms with Crippen LogP contribution in [0.3, 0.4) is 0 Å². The standard InChI is InChI=1S/C9H13N3S/c10-7-1-2-8(5-7)13-9-3-4-11-6-12-9/h3-4,6-8H,1-2,5,10H2. The van der Waals surface area contributed by atoms with Crippen molar-refractivity contribution in [2.75, 3.05) is 0 Å². The highest BCUT2D eigenvalue weighted by Gasteiger charge is 2.22. The topological polar surface area (TPSA) is 51.8 Å². The van der Waals surface area contributed by atoms with E-state index < -0.39 is 0 Å². The van der Waals surface area contributed by atoms with Crippen molar-refractivity contribution < 1.29 is 0 Å². The first-order valence-electron chi connectivity index (χ1n) is 4.53. The lowest BCUT2D eigenvalue weighted by Crippen LogP contribution is -2.15. The molecule has 1 aliphatic carbocycles. The third-order valence-corrected chi connectivity index (χ3v) is 3.51. The second-order valence-electron chi connectivity index (χ2n) is 3.36. The Morgan fingerprint density at radius 3 is 3.00 bits per heavy atom. The fraction of sp³-hybridized carbons (Fsp3) is 0.556. The molecule has 0 saturated heterocycles. The molecule has 0 aromatic carbocycles. The van der Waals surface area contributed by atoms with E-state index in [4.69, 9.17) is 5.73 Å². The first-order chi connectivity index (χ1) is 6.34. The average Bonchev–Trinajstić information content (AvgIpc) is 2.53. The van der Waals surface area contributed by atoms with Crippen LogP contribution in [0.25, 0.3) is 0 Å². The highest BCUT2D eigenvalue weighted by molar-refractivity contribution is 7.99. The van der Waals surface area contributed by atoms with E-state index in [1.54, 1.807) is 12.5 Å². The van der Waals surface area contributed by atoms with Crippen LogP contribution in [0.2, 0.25) is 0 Å². The molecule has 2 unspecified atom stereocenters. The summed E-state index contributed by atoms with van der Waals surface area (Å²) in [5.41, 5.74) is 5.83. The normalized spacial score (nSPS) is 27.8. The molecule has 3 nitrogen and oxygen atoms in total. The minimum absolute atomic E-state index is 0.402. The van der Waals surface area contributed by atoms with Crippen molar-refractivity contribution in [2.24, 2.45) is 5.73 Å². The fourth-order valence-corrected chi connectivity index (χ4v) is 2.79. The Morgan fingerprint density at radius 2 is 2.38 bits per heavy atom. The van der Waals surface area contributed by atoms with Gasteiger partial charge < -0.3 is 5.73 Å². The Hall–Kier alpha value is -0.610. The van der Waals surface area contributed by atoms with E-state index in [1.165, 1.54) is 6.42 Å². The quantitative estimate of drug-likeness (QED) is 0.726. The van der Waals surface area contributed by atoms with Gasteiger partial charge >= 0.3 is 0 Å². The van der Waals surface area contributed by atoms with E-state index in [-0.39, 0.29) is 0 Å². The molecule has 2 N–H and O–H groups in total. The zero-order valence-electron chi connectivity index (χ0n) is 7.39. The summed E-state index contributed by atoms with van der Waals surface area (Å²) in [6.07, 6.45) is 6.87. The average molecular weight is 195 g/mol. The van der Waals surface area contributed by atoms with Gasteiger partial charge in [-0.2, -0.15) is 0 Å². The van der Waals surface area contributed by atoms with E-state index in [0.717, 1.165) is 17.9 Å². The predicted molar refractivity (Wildman–Crippen MR) is 53.5 cm³/mol. The molecule has 1 aromatic rings. The second-order valence-corrected chi connectivity index (χ2v) is 4.68. The summed E-state index contributed by atoms with van der Waals surface area (Å²) < 4.78 is 0. The lowest BCUT2D eigenvalue weighted by atomic mass is 10.3. The summed E-state index contributed by atoms with van der Waals surface area (Å²) in [6.45, 7) is 0. The van der Waals surface area contributed by atoms with Gasteiger partial charge in [0.1, 0.15) is 6.33 Å². The fourth-order valence-electron chi connectivity index (χ4n) is 1.60. The van der Waals surface area contributed by atoms with E-state index in [2.05, 4.69) is 9.97 Å². The lowest BCUT2D eigenvalue weighted by molar-refractivity contribution is 0.705. The van der Waals surface area contributed by atoms with Crippen molar-refractivity contribution in [3.05, 3.63) is 18.6 Å². The van der Waals surface area contributed by atoms with Gasteiger partial charge in [0.25, 0.3) is 0 Å².